The predicted octanol–water partition coefficient (Wildman–Crippen LogP) is 1.44. The van der Waals surface area contributed by atoms with Crippen LogP contribution in [-0.2, 0) is 38.4 Å². The average Bonchev–Trinajstić information content (AvgIpc) is 3.65. The van der Waals surface area contributed by atoms with Crippen molar-refractivity contribution in [1.82, 2.24) is 30.9 Å². The highest BCUT2D eigenvalue weighted by Crippen LogP contribution is 2.19. The van der Waals surface area contributed by atoms with Crippen LogP contribution < -0.4 is 21.7 Å². The molecule has 0 aliphatic rings. The molecular formula is C31H37N7O5. The summed E-state index contributed by atoms with van der Waals surface area (Å²) in [6.45, 7) is 3.53. The first-order valence-corrected chi connectivity index (χ1v) is 14.1. The molecule has 2 aromatic carbocycles. The van der Waals surface area contributed by atoms with Crippen molar-refractivity contribution in [2.75, 3.05) is 0 Å². The number of H-pyrrole nitrogens is 2. The van der Waals surface area contributed by atoms with Gasteiger partial charge in [0.05, 0.1) is 12.4 Å². The molecule has 0 aliphatic heterocycles. The lowest BCUT2D eigenvalue weighted by atomic mass is 9.99. The molecule has 8 N–H and O–H groups in total. The summed E-state index contributed by atoms with van der Waals surface area (Å²) in [5, 5.41) is 18.9. The quantitative estimate of drug-likeness (QED) is 0.116. The molecule has 0 spiro atoms. The first kappa shape index (κ1) is 31.0. The van der Waals surface area contributed by atoms with E-state index in [1.54, 1.807) is 38.4 Å². The van der Waals surface area contributed by atoms with Crippen molar-refractivity contribution < 1.29 is 24.3 Å². The molecule has 0 saturated heterocycles. The van der Waals surface area contributed by atoms with Crippen LogP contribution in [0.3, 0.4) is 0 Å². The Hall–Kier alpha value is -4.97. The molecule has 4 atom stereocenters. The van der Waals surface area contributed by atoms with E-state index in [4.69, 9.17) is 5.73 Å². The summed E-state index contributed by atoms with van der Waals surface area (Å²) in [7, 11) is 0. The van der Waals surface area contributed by atoms with Crippen LogP contribution in [0.4, 0.5) is 0 Å². The van der Waals surface area contributed by atoms with E-state index in [9.17, 15) is 24.3 Å². The van der Waals surface area contributed by atoms with Crippen molar-refractivity contribution in [1.29, 1.82) is 0 Å². The van der Waals surface area contributed by atoms with Gasteiger partial charge in [0.15, 0.2) is 0 Å². The van der Waals surface area contributed by atoms with Crippen LogP contribution in [0.25, 0.3) is 10.9 Å². The Morgan fingerprint density at radius 3 is 2.21 bits per heavy atom. The van der Waals surface area contributed by atoms with Crippen LogP contribution in [0.2, 0.25) is 0 Å². The van der Waals surface area contributed by atoms with Gasteiger partial charge in [-0.3, -0.25) is 14.4 Å². The minimum atomic E-state index is -1.25. The molecular weight excluding hydrogens is 550 g/mol. The summed E-state index contributed by atoms with van der Waals surface area (Å²) >= 11 is 0. The zero-order valence-electron chi connectivity index (χ0n) is 24.0. The molecule has 0 fully saturated rings. The summed E-state index contributed by atoms with van der Waals surface area (Å²) in [4.78, 5) is 62.1. The number of carboxylic acids is 1. The highest BCUT2D eigenvalue weighted by atomic mass is 16.4. The van der Waals surface area contributed by atoms with Crippen LogP contribution in [-0.4, -0.2) is 67.9 Å². The largest absolute Gasteiger partial charge is 0.480 e. The zero-order valence-corrected chi connectivity index (χ0v) is 24.0. The smallest absolute Gasteiger partial charge is 0.326 e. The number of aromatic nitrogens is 3. The van der Waals surface area contributed by atoms with Crippen LogP contribution >= 0.6 is 0 Å². The number of carbonyl (C=O) groups is 4. The van der Waals surface area contributed by atoms with Crippen LogP contribution in [0.5, 0.6) is 0 Å². The predicted molar refractivity (Wildman–Crippen MR) is 161 cm³/mol. The minimum Gasteiger partial charge on any atom is -0.480 e. The molecule has 0 radical (unpaired) electrons. The van der Waals surface area contributed by atoms with Crippen molar-refractivity contribution in [3.05, 3.63) is 90.1 Å². The number of fused-ring (bicyclic) bond motifs is 1. The fraction of sp³-hybridized carbons (Fsp3) is 0.323. The maximum atomic E-state index is 13.6. The van der Waals surface area contributed by atoms with Gasteiger partial charge < -0.3 is 36.8 Å². The Bertz CT molecular complexity index is 1530. The van der Waals surface area contributed by atoms with Crippen LogP contribution in [0.15, 0.2) is 73.3 Å². The van der Waals surface area contributed by atoms with Crippen molar-refractivity contribution in [2.24, 2.45) is 11.7 Å². The number of hydrogen-bond acceptors (Lipinski definition) is 6. The Labute approximate surface area is 248 Å². The van der Waals surface area contributed by atoms with E-state index in [1.165, 1.54) is 6.33 Å². The highest BCUT2D eigenvalue weighted by Gasteiger charge is 2.32. The highest BCUT2D eigenvalue weighted by molar-refractivity contribution is 5.94. The van der Waals surface area contributed by atoms with Gasteiger partial charge in [-0.15, -0.1) is 0 Å². The number of imidazole rings is 1. The van der Waals surface area contributed by atoms with E-state index in [0.717, 1.165) is 22.0 Å². The van der Waals surface area contributed by atoms with Crippen molar-refractivity contribution in [3.63, 3.8) is 0 Å². The molecule has 0 saturated carbocycles. The lowest BCUT2D eigenvalue weighted by Gasteiger charge is -2.27. The normalized spacial score (nSPS) is 14.0. The number of nitrogens with zero attached hydrogens (tertiary/aromatic N) is 1. The fourth-order valence-corrected chi connectivity index (χ4v) is 4.83. The standard InChI is InChI=1S/C31H37N7O5/c1-18(2)27(38-28(39)23(32)14-21-16-33-17-35-21)30(41)36-25(12-19-8-4-3-5-9-19)29(40)37-26(31(42)43)13-20-15-34-24-11-7-6-10-22(20)24/h3-11,15-18,23,25-27,34H,12-14,32H2,1-2H3,(H,33,35)(H,36,41)(H,37,40)(H,38,39)(H,42,43). The third-order valence-corrected chi connectivity index (χ3v) is 7.21. The molecule has 4 aromatic rings. The van der Waals surface area contributed by atoms with Gasteiger partial charge in [0, 0.05) is 48.3 Å². The van der Waals surface area contributed by atoms with Gasteiger partial charge in [-0.1, -0.05) is 62.4 Å². The molecule has 4 unspecified atom stereocenters. The number of benzene rings is 2. The van der Waals surface area contributed by atoms with Gasteiger partial charge in [-0.05, 0) is 23.1 Å². The molecule has 3 amide bonds. The van der Waals surface area contributed by atoms with Crippen molar-refractivity contribution in [2.45, 2.75) is 57.3 Å². The second-order valence-electron chi connectivity index (χ2n) is 10.8. The first-order chi connectivity index (χ1) is 20.6. The van der Waals surface area contributed by atoms with Crippen molar-refractivity contribution in [3.8, 4) is 0 Å². The Kier molecular flexibility index (Phi) is 10.3. The second kappa shape index (κ2) is 14.3. The summed E-state index contributed by atoms with van der Waals surface area (Å²) in [5.41, 5.74) is 9.10. The number of nitrogens with one attached hydrogen (secondary N) is 5. The molecule has 2 aromatic heterocycles. The molecule has 12 nitrogen and oxygen atoms in total. The number of carbonyl (C=O) groups excluding carboxylic acids is 3. The third kappa shape index (κ3) is 8.29. The Morgan fingerprint density at radius 2 is 1.53 bits per heavy atom. The lowest BCUT2D eigenvalue weighted by Crippen LogP contribution is -2.59. The van der Waals surface area contributed by atoms with E-state index in [0.29, 0.717) is 5.69 Å². The van der Waals surface area contributed by atoms with Crippen LogP contribution in [0.1, 0.15) is 30.7 Å². The van der Waals surface area contributed by atoms with Gasteiger partial charge in [-0.2, -0.15) is 0 Å². The number of para-hydroxylation sites is 1. The maximum Gasteiger partial charge on any atom is 0.326 e. The first-order valence-electron chi connectivity index (χ1n) is 14.1. The van der Waals surface area contributed by atoms with E-state index >= 15 is 0 Å². The number of rotatable bonds is 14. The number of carboxylic acid groups (broad SMARTS) is 1. The average molecular weight is 588 g/mol. The van der Waals surface area contributed by atoms with Crippen molar-refractivity contribution >= 4 is 34.6 Å². The van der Waals surface area contributed by atoms with Crippen LogP contribution in [0, 0.1) is 5.92 Å². The van der Waals surface area contributed by atoms with E-state index in [1.807, 2.05) is 42.5 Å². The molecule has 0 bridgehead atoms. The molecule has 43 heavy (non-hydrogen) atoms. The van der Waals surface area contributed by atoms with E-state index in [2.05, 4.69) is 30.9 Å². The fourth-order valence-electron chi connectivity index (χ4n) is 4.83. The number of hydrogen-bond donors (Lipinski definition) is 7. The lowest BCUT2D eigenvalue weighted by molar-refractivity contribution is -0.142. The molecule has 0 aliphatic carbocycles. The van der Waals surface area contributed by atoms with Gasteiger partial charge >= 0.3 is 5.97 Å². The topological polar surface area (TPSA) is 195 Å². The molecule has 226 valence electrons. The summed E-state index contributed by atoms with van der Waals surface area (Å²) in [5.74, 6) is -3.32. The molecule has 2 heterocycles. The van der Waals surface area contributed by atoms with Gasteiger partial charge in [0.1, 0.15) is 18.1 Å². The third-order valence-electron chi connectivity index (χ3n) is 7.21. The maximum absolute atomic E-state index is 13.6. The SMILES string of the molecule is CC(C)C(NC(=O)C(N)Cc1cnc[nH]1)C(=O)NC(Cc1ccccc1)C(=O)NC(Cc1c[nH]c2ccccc12)C(=O)O. The number of aliphatic carboxylic acids is 1. The Balaban J connectivity index is 1.49. The van der Waals surface area contributed by atoms with E-state index in [-0.39, 0.29) is 25.2 Å². The zero-order chi connectivity index (χ0) is 30.9. The molecule has 4 rings (SSSR count). The summed E-state index contributed by atoms with van der Waals surface area (Å²) in [6.07, 6.45) is 5.12. The van der Waals surface area contributed by atoms with Gasteiger partial charge in [0.2, 0.25) is 17.7 Å². The minimum absolute atomic E-state index is 0.0377. The summed E-state index contributed by atoms with van der Waals surface area (Å²) in [6, 6.07) is 12.3. The number of amides is 3. The number of nitrogens with two attached hydrogens (primary N) is 1. The summed E-state index contributed by atoms with van der Waals surface area (Å²) < 4.78 is 0. The van der Waals surface area contributed by atoms with Gasteiger partial charge in [-0.25, -0.2) is 9.78 Å². The number of aromatic amines is 2. The Morgan fingerprint density at radius 1 is 0.837 bits per heavy atom. The van der Waals surface area contributed by atoms with E-state index < -0.39 is 47.9 Å². The second-order valence-corrected chi connectivity index (χ2v) is 10.8. The monoisotopic (exact) mass is 587 g/mol. The molecule has 12 heteroatoms. The van der Waals surface area contributed by atoms with Gasteiger partial charge in [0.25, 0.3) is 0 Å².